The summed E-state index contributed by atoms with van der Waals surface area (Å²) in [6.45, 7) is 0. The second-order valence-corrected chi connectivity index (χ2v) is 7.07. The second kappa shape index (κ2) is 7.73. The monoisotopic (exact) mass is 398 g/mol. The van der Waals surface area contributed by atoms with Crippen molar-refractivity contribution in [1.29, 1.82) is 0 Å². The van der Waals surface area contributed by atoms with Gasteiger partial charge in [-0.1, -0.05) is 18.2 Å². The Kier molecular flexibility index (Phi) is 5.13. The summed E-state index contributed by atoms with van der Waals surface area (Å²) in [7, 11) is 1.59. The fraction of sp³-hybridized carbons (Fsp3) is 0.273. The smallest absolute Gasteiger partial charge is 0.388 e. The quantitative estimate of drug-likeness (QED) is 0.581. The third-order valence-corrected chi connectivity index (χ3v) is 5.22. The van der Waals surface area contributed by atoms with Crippen LogP contribution in [-0.4, -0.2) is 17.0 Å². The highest BCUT2D eigenvalue weighted by Gasteiger charge is 2.31. The summed E-state index contributed by atoms with van der Waals surface area (Å²) in [5.41, 5.74) is 4.48. The third-order valence-electron chi connectivity index (χ3n) is 5.22. The average molecular weight is 398 g/mol. The van der Waals surface area contributed by atoms with Crippen LogP contribution in [0, 0.1) is 0 Å². The number of anilines is 3. The van der Waals surface area contributed by atoms with Crippen LogP contribution in [0.1, 0.15) is 29.5 Å². The molecule has 1 aliphatic carbocycles. The molecule has 0 saturated heterocycles. The summed E-state index contributed by atoms with van der Waals surface area (Å²) in [5.74, 6) is 0.607. The van der Waals surface area contributed by atoms with Gasteiger partial charge in [-0.05, 0) is 55.0 Å². The fourth-order valence-electron chi connectivity index (χ4n) is 3.76. The van der Waals surface area contributed by atoms with Gasteiger partial charge in [-0.2, -0.15) is 13.2 Å². The van der Waals surface area contributed by atoms with E-state index in [4.69, 9.17) is 0 Å². The summed E-state index contributed by atoms with van der Waals surface area (Å²) in [4.78, 5) is 8.57. The van der Waals surface area contributed by atoms with Crippen LogP contribution < -0.4 is 10.6 Å². The maximum Gasteiger partial charge on any atom is 0.416 e. The number of alkyl halides is 3. The van der Waals surface area contributed by atoms with Crippen molar-refractivity contribution < 1.29 is 13.2 Å². The Labute approximate surface area is 167 Å². The number of fused-ring (bicyclic) bond motifs is 1. The first-order valence-electron chi connectivity index (χ1n) is 9.55. The first-order valence-corrected chi connectivity index (χ1v) is 9.55. The number of hydrogen-bond acceptors (Lipinski definition) is 4. The SMILES string of the molecule is CNc1cc(C(F)(F)F)ccc1-c1cc(Nc2cccc3c2CCCC3)ncn1. The third kappa shape index (κ3) is 4.04. The van der Waals surface area contributed by atoms with Gasteiger partial charge in [-0.3, -0.25) is 0 Å². The Morgan fingerprint density at radius 2 is 1.76 bits per heavy atom. The van der Waals surface area contributed by atoms with Gasteiger partial charge in [-0.25, -0.2) is 9.97 Å². The van der Waals surface area contributed by atoms with E-state index in [0.29, 0.717) is 22.8 Å². The molecule has 0 saturated carbocycles. The average Bonchev–Trinajstić information content (AvgIpc) is 2.73. The molecule has 1 aliphatic rings. The summed E-state index contributed by atoms with van der Waals surface area (Å²) in [6, 6.07) is 11.6. The number of aryl methyl sites for hydroxylation is 1. The molecule has 29 heavy (non-hydrogen) atoms. The molecule has 0 unspecified atom stereocenters. The van der Waals surface area contributed by atoms with E-state index in [0.717, 1.165) is 37.1 Å². The molecule has 4 nitrogen and oxygen atoms in total. The van der Waals surface area contributed by atoms with Crippen LogP contribution in [0.2, 0.25) is 0 Å². The minimum atomic E-state index is -4.39. The largest absolute Gasteiger partial charge is 0.416 e. The molecule has 0 radical (unpaired) electrons. The van der Waals surface area contributed by atoms with Gasteiger partial charge >= 0.3 is 6.18 Å². The number of halogens is 3. The van der Waals surface area contributed by atoms with Crippen molar-refractivity contribution >= 4 is 17.2 Å². The normalized spacial score (nSPS) is 13.7. The lowest BCUT2D eigenvalue weighted by Gasteiger charge is -2.20. The number of hydrogen-bond donors (Lipinski definition) is 2. The van der Waals surface area contributed by atoms with E-state index in [1.807, 2.05) is 12.1 Å². The highest BCUT2D eigenvalue weighted by Crippen LogP contribution is 2.36. The van der Waals surface area contributed by atoms with E-state index in [1.54, 1.807) is 13.1 Å². The van der Waals surface area contributed by atoms with Gasteiger partial charge in [0.25, 0.3) is 0 Å². The zero-order valence-corrected chi connectivity index (χ0v) is 16.0. The minimum Gasteiger partial charge on any atom is -0.388 e. The minimum absolute atomic E-state index is 0.363. The van der Waals surface area contributed by atoms with Gasteiger partial charge in [-0.15, -0.1) is 0 Å². The second-order valence-electron chi connectivity index (χ2n) is 7.07. The van der Waals surface area contributed by atoms with Crippen LogP contribution in [0.4, 0.5) is 30.4 Å². The van der Waals surface area contributed by atoms with Gasteiger partial charge < -0.3 is 10.6 Å². The van der Waals surface area contributed by atoms with Gasteiger partial charge in [0.05, 0.1) is 11.3 Å². The molecular weight excluding hydrogens is 377 g/mol. The van der Waals surface area contributed by atoms with E-state index in [1.165, 1.54) is 29.9 Å². The summed E-state index contributed by atoms with van der Waals surface area (Å²) in [6.07, 6.45) is 1.50. The topological polar surface area (TPSA) is 49.8 Å². The van der Waals surface area contributed by atoms with Crippen molar-refractivity contribution in [2.75, 3.05) is 17.7 Å². The van der Waals surface area contributed by atoms with Crippen molar-refractivity contribution in [2.24, 2.45) is 0 Å². The van der Waals surface area contributed by atoms with Gasteiger partial charge in [0.15, 0.2) is 0 Å². The molecule has 0 aliphatic heterocycles. The molecule has 0 amide bonds. The van der Waals surface area contributed by atoms with E-state index in [2.05, 4.69) is 26.7 Å². The van der Waals surface area contributed by atoms with Crippen LogP contribution >= 0.6 is 0 Å². The molecule has 3 aromatic rings. The van der Waals surface area contributed by atoms with Crippen molar-refractivity contribution in [3.63, 3.8) is 0 Å². The maximum absolute atomic E-state index is 13.0. The van der Waals surface area contributed by atoms with Crippen molar-refractivity contribution in [3.8, 4) is 11.3 Å². The standard InChI is InChI=1S/C22H21F3N4/c1-26-19-11-15(22(23,24)25)9-10-17(19)20-12-21(28-13-27-20)29-18-8-4-6-14-5-2-3-7-16(14)18/h4,6,8-13,26H,2-3,5,7H2,1H3,(H,27,28,29). The Balaban J connectivity index is 1.67. The fourth-order valence-corrected chi connectivity index (χ4v) is 3.76. The highest BCUT2D eigenvalue weighted by molar-refractivity contribution is 5.78. The van der Waals surface area contributed by atoms with Crippen molar-refractivity contribution in [3.05, 3.63) is 65.5 Å². The molecule has 0 spiro atoms. The number of rotatable bonds is 4. The molecule has 1 heterocycles. The number of nitrogens with one attached hydrogen (secondary N) is 2. The molecule has 7 heteroatoms. The van der Waals surface area contributed by atoms with E-state index < -0.39 is 11.7 Å². The Bertz CT molecular complexity index is 1030. The van der Waals surface area contributed by atoms with Crippen molar-refractivity contribution in [2.45, 2.75) is 31.9 Å². The molecule has 150 valence electrons. The van der Waals surface area contributed by atoms with Gasteiger partial charge in [0, 0.05) is 30.1 Å². The predicted molar refractivity (Wildman–Crippen MR) is 108 cm³/mol. The highest BCUT2D eigenvalue weighted by atomic mass is 19.4. The molecule has 0 atom stereocenters. The Morgan fingerprint density at radius 1 is 0.931 bits per heavy atom. The van der Waals surface area contributed by atoms with E-state index in [9.17, 15) is 13.2 Å². The Morgan fingerprint density at radius 3 is 2.55 bits per heavy atom. The summed E-state index contributed by atoms with van der Waals surface area (Å²) >= 11 is 0. The van der Waals surface area contributed by atoms with E-state index in [-0.39, 0.29) is 0 Å². The zero-order valence-electron chi connectivity index (χ0n) is 16.0. The lowest BCUT2D eigenvalue weighted by molar-refractivity contribution is -0.137. The summed E-state index contributed by atoms with van der Waals surface area (Å²) < 4.78 is 39.1. The van der Waals surface area contributed by atoms with Crippen LogP contribution in [0.25, 0.3) is 11.3 Å². The summed E-state index contributed by atoms with van der Waals surface area (Å²) in [5, 5.41) is 6.20. The predicted octanol–water partition coefficient (Wildman–Crippen LogP) is 5.83. The molecule has 1 aromatic heterocycles. The number of aromatic nitrogens is 2. The Hall–Kier alpha value is -3.09. The van der Waals surface area contributed by atoms with Crippen molar-refractivity contribution in [1.82, 2.24) is 9.97 Å². The maximum atomic E-state index is 13.0. The van der Waals surface area contributed by atoms with Crippen LogP contribution in [-0.2, 0) is 19.0 Å². The number of nitrogens with zero attached hydrogens (tertiary/aromatic N) is 2. The first-order chi connectivity index (χ1) is 14.0. The number of benzene rings is 2. The molecular formula is C22H21F3N4. The molecule has 2 aromatic carbocycles. The molecule has 2 N–H and O–H groups in total. The lowest BCUT2D eigenvalue weighted by atomic mass is 9.90. The first kappa shape index (κ1) is 19.2. The molecule has 0 bridgehead atoms. The zero-order chi connectivity index (χ0) is 20.4. The van der Waals surface area contributed by atoms with Gasteiger partial charge in [0.1, 0.15) is 12.1 Å². The molecule has 4 rings (SSSR count). The van der Waals surface area contributed by atoms with E-state index >= 15 is 0 Å². The lowest BCUT2D eigenvalue weighted by Crippen LogP contribution is -2.07. The van der Waals surface area contributed by atoms with Crippen LogP contribution in [0.3, 0.4) is 0 Å². The molecule has 0 fully saturated rings. The van der Waals surface area contributed by atoms with Crippen LogP contribution in [0.5, 0.6) is 0 Å². The van der Waals surface area contributed by atoms with Gasteiger partial charge in [0.2, 0.25) is 0 Å². The van der Waals surface area contributed by atoms with Crippen LogP contribution in [0.15, 0.2) is 48.8 Å².